The smallest absolute Gasteiger partial charge is 0.411 e. The molecule has 1 saturated heterocycles. The highest BCUT2D eigenvalue weighted by Crippen LogP contribution is 2.37. The van der Waals surface area contributed by atoms with Crippen molar-refractivity contribution >= 4 is 29.5 Å². The lowest BCUT2D eigenvalue weighted by Gasteiger charge is -2.29. The summed E-state index contributed by atoms with van der Waals surface area (Å²) in [5.74, 6) is -0.319. The summed E-state index contributed by atoms with van der Waals surface area (Å²) in [4.78, 5) is 51.4. The summed E-state index contributed by atoms with van der Waals surface area (Å²) in [6, 6.07) is 14.9. The molecule has 5 rings (SSSR count). The number of nitrogens with one attached hydrogen (secondary N) is 2. The zero-order valence-corrected chi connectivity index (χ0v) is 22.4. The zero-order valence-electron chi connectivity index (χ0n) is 22.4. The van der Waals surface area contributed by atoms with Crippen LogP contribution in [0.5, 0.6) is 17.2 Å². The Morgan fingerprint density at radius 3 is 2.37 bits per heavy atom. The number of carbonyl (C=O) groups excluding carboxylic acids is 4. The van der Waals surface area contributed by atoms with Gasteiger partial charge in [-0.2, -0.15) is 0 Å². The average Bonchev–Trinajstić information content (AvgIpc) is 3.26. The molecule has 2 aliphatic heterocycles. The summed E-state index contributed by atoms with van der Waals surface area (Å²) in [5, 5.41) is 4.93. The number of piperidine rings is 1. The van der Waals surface area contributed by atoms with Crippen molar-refractivity contribution in [2.75, 3.05) is 5.32 Å². The predicted molar refractivity (Wildman–Crippen MR) is 145 cm³/mol. The molecule has 0 spiro atoms. The van der Waals surface area contributed by atoms with Crippen LogP contribution < -0.4 is 20.1 Å². The van der Waals surface area contributed by atoms with Crippen LogP contribution in [0.25, 0.3) is 0 Å². The van der Waals surface area contributed by atoms with Gasteiger partial charge in [0.05, 0.1) is 11.7 Å². The van der Waals surface area contributed by atoms with Crippen molar-refractivity contribution in [3.63, 3.8) is 0 Å². The van der Waals surface area contributed by atoms with Crippen molar-refractivity contribution < 1.29 is 37.8 Å². The van der Waals surface area contributed by atoms with Crippen LogP contribution in [0.1, 0.15) is 48.2 Å². The van der Waals surface area contributed by atoms with E-state index >= 15 is 0 Å². The third-order valence-corrected chi connectivity index (χ3v) is 6.59. The number of nitrogens with zero attached hydrogens (tertiary/aromatic N) is 1. The minimum Gasteiger partial charge on any atom is -0.490 e. The first-order chi connectivity index (χ1) is 19.7. The number of benzene rings is 3. The fraction of sp³-hybridized carbons (Fsp3) is 0.267. The van der Waals surface area contributed by atoms with E-state index in [1.807, 2.05) is 13.8 Å². The van der Waals surface area contributed by atoms with Gasteiger partial charge in [0.2, 0.25) is 11.8 Å². The minimum atomic E-state index is -0.752. The largest absolute Gasteiger partial charge is 0.490 e. The van der Waals surface area contributed by atoms with E-state index < -0.39 is 18.0 Å². The normalized spacial score (nSPS) is 16.3. The lowest BCUT2D eigenvalue weighted by atomic mass is 10.0. The highest BCUT2D eigenvalue weighted by molar-refractivity contribution is 6.06. The van der Waals surface area contributed by atoms with Gasteiger partial charge in [-0.25, -0.2) is 9.18 Å². The van der Waals surface area contributed by atoms with Crippen LogP contribution >= 0.6 is 0 Å². The van der Waals surface area contributed by atoms with Crippen LogP contribution in [0.15, 0.2) is 60.7 Å². The molecule has 1 unspecified atom stereocenters. The Morgan fingerprint density at radius 2 is 1.71 bits per heavy atom. The Morgan fingerprint density at radius 1 is 1.02 bits per heavy atom. The van der Waals surface area contributed by atoms with Crippen LogP contribution in [0, 0.1) is 5.82 Å². The van der Waals surface area contributed by atoms with Gasteiger partial charge in [-0.15, -0.1) is 0 Å². The molecule has 2 N–H and O–H groups in total. The first-order valence-corrected chi connectivity index (χ1v) is 13.1. The molecule has 10 nitrogen and oxygen atoms in total. The standard InChI is InChI=1S/C30H28FN3O7/c1-17(2)40-27-19(4-3-18-15-34(29(37)26(18)27)24-13-14-25(35)33-28(24)36)16-39-30(38)32-21-7-11-23(12-8-21)41-22-9-5-20(31)6-10-22/h3-12,17,24H,13-16H2,1-2H3,(H,32,38)(H,33,35,36). The fourth-order valence-corrected chi connectivity index (χ4v) is 4.69. The van der Waals surface area contributed by atoms with E-state index in [4.69, 9.17) is 14.2 Å². The van der Waals surface area contributed by atoms with E-state index in [1.165, 1.54) is 29.2 Å². The van der Waals surface area contributed by atoms with Gasteiger partial charge in [0.15, 0.2) is 0 Å². The summed E-state index contributed by atoms with van der Waals surface area (Å²) < 4.78 is 30.2. The van der Waals surface area contributed by atoms with Crippen molar-refractivity contribution in [1.29, 1.82) is 0 Å². The number of imide groups is 1. The van der Waals surface area contributed by atoms with Crippen molar-refractivity contribution in [2.24, 2.45) is 0 Å². The predicted octanol–water partition coefficient (Wildman–Crippen LogP) is 4.91. The molecular formula is C30H28FN3O7. The maximum atomic E-state index is 13.4. The zero-order chi connectivity index (χ0) is 29.1. The molecule has 0 aliphatic carbocycles. The van der Waals surface area contributed by atoms with Crippen LogP contribution in [0.4, 0.5) is 14.9 Å². The van der Waals surface area contributed by atoms with Crippen molar-refractivity contribution in [1.82, 2.24) is 10.2 Å². The van der Waals surface area contributed by atoms with E-state index in [0.717, 1.165) is 0 Å². The number of hydrogen-bond acceptors (Lipinski definition) is 7. The van der Waals surface area contributed by atoms with Crippen LogP contribution in [-0.2, 0) is 27.5 Å². The lowest BCUT2D eigenvalue weighted by molar-refractivity contribution is -0.136. The minimum absolute atomic E-state index is 0.157. The molecule has 41 heavy (non-hydrogen) atoms. The van der Waals surface area contributed by atoms with E-state index in [1.54, 1.807) is 36.4 Å². The molecule has 11 heteroatoms. The van der Waals surface area contributed by atoms with Crippen LogP contribution in [0.2, 0.25) is 0 Å². The monoisotopic (exact) mass is 561 g/mol. The average molecular weight is 562 g/mol. The highest BCUT2D eigenvalue weighted by atomic mass is 19.1. The molecule has 2 heterocycles. The number of rotatable bonds is 8. The molecule has 0 bridgehead atoms. The number of amides is 4. The molecule has 0 saturated carbocycles. The van der Waals surface area contributed by atoms with Crippen LogP contribution in [0.3, 0.4) is 0 Å². The first-order valence-electron chi connectivity index (χ1n) is 13.1. The summed E-state index contributed by atoms with van der Waals surface area (Å²) in [6.07, 6.45) is -0.587. The third-order valence-electron chi connectivity index (χ3n) is 6.59. The molecule has 212 valence electrons. The van der Waals surface area contributed by atoms with E-state index in [2.05, 4.69) is 10.6 Å². The quantitative estimate of drug-likeness (QED) is 0.375. The summed E-state index contributed by atoms with van der Waals surface area (Å²) >= 11 is 0. The molecule has 0 radical (unpaired) electrons. The van der Waals surface area contributed by atoms with Crippen molar-refractivity contribution in [3.8, 4) is 17.2 Å². The van der Waals surface area contributed by atoms with Gasteiger partial charge in [-0.3, -0.25) is 25.0 Å². The van der Waals surface area contributed by atoms with Gasteiger partial charge in [-0.05, 0) is 74.4 Å². The maximum absolute atomic E-state index is 13.4. The van der Waals surface area contributed by atoms with Gasteiger partial charge in [0, 0.05) is 24.2 Å². The molecule has 3 aromatic carbocycles. The second kappa shape index (κ2) is 11.7. The summed E-state index contributed by atoms with van der Waals surface area (Å²) in [6.45, 7) is 3.67. The molecule has 0 aromatic heterocycles. The number of ether oxygens (including phenoxy) is 3. The topological polar surface area (TPSA) is 123 Å². The van der Waals surface area contributed by atoms with Gasteiger partial charge in [-0.1, -0.05) is 12.1 Å². The Bertz CT molecular complexity index is 1490. The number of hydrogen-bond donors (Lipinski definition) is 2. The van der Waals surface area contributed by atoms with E-state index in [9.17, 15) is 23.6 Å². The van der Waals surface area contributed by atoms with Gasteiger partial charge < -0.3 is 19.1 Å². The Balaban J connectivity index is 1.24. The number of halogens is 1. The van der Waals surface area contributed by atoms with Gasteiger partial charge in [0.1, 0.15) is 35.7 Å². The highest BCUT2D eigenvalue weighted by Gasteiger charge is 2.41. The summed E-state index contributed by atoms with van der Waals surface area (Å²) in [5.41, 5.74) is 1.96. The Hall–Kier alpha value is -4.93. The SMILES string of the molecule is CC(C)Oc1c(COC(=O)Nc2ccc(Oc3ccc(F)cc3)cc2)ccc2c1C(=O)N(C1CCC(=O)NC1=O)C2. The molecule has 2 aliphatic rings. The van der Waals surface area contributed by atoms with Crippen molar-refractivity contribution in [3.05, 3.63) is 83.2 Å². The van der Waals surface area contributed by atoms with Crippen molar-refractivity contribution in [2.45, 2.75) is 52.0 Å². The second-order valence-electron chi connectivity index (χ2n) is 9.94. The molecule has 1 atom stereocenters. The Labute approximate surface area is 235 Å². The Kier molecular flexibility index (Phi) is 7.86. The lowest BCUT2D eigenvalue weighted by Crippen LogP contribution is -2.52. The number of fused-ring (bicyclic) bond motifs is 1. The second-order valence-corrected chi connectivity index (χ2v) is 9.94. The number of carbonyl (C=O) groups is 4. The van der Waals surface area contributed by atoms with E-state index in [0.29, 0.717) is 39.6 Å². The molecular weight excluding hydrogens is 533 g/mol. The van der Waals surface area contributed by atoms with E-state index in [-0.39, 0.29) is 49.7 Å². The molecule has 1 fully saturated rings. The first kappa shape index (κ1) is 27.6. The fourth-order valence-electron chi connectivity index (χ4n) is 4.69. The number of anilines is 1. The molecule has 3 aromatic rings. The third kappa shape index (κ3) is 6.29. The maximum Gasteiger partial charge on any atom is 0.411 e. The summed E-state index contributed by atoms with van der Waals surface area (Å²) in [7, 11) is 0. The van der Waals surface area contributed by atoms with Gasteiger partial charge >= 0.3 is 6.09 Å². The van der Waals surface area contributed by atoms with Gasteiger partial charge in [0.25, 0.3) is 5.91 Å². The molecule has 4 amide bonds. The van der Waals surface area contributed by atoms with Crippen LogP contribution in [-0.4, -0.2) is 40.9 Å².